The van der Waals surface area contributed by atoms with Crippen LogP contribution in [0.5, 0.6) is 17.2 Å². The highest BCUT2D eigenvalue weighted by Crippen LogP contribution is 2.32. The second kappa shape index (κ2) is 9.82. The molecule has 0 saturated heterocycles. The summed E-state index contributed by atoms with van der Waals surface area (Å²) in [5.74, 6) is 2.25. The van der Waals surface area contributed by atoms with Crippen LogP contribution in [0.3, 0.4) is 0 Å². The van der Waals surface area contributed by atoms with Crippen molar-refractivity contribution in [3.63, 3.8) is 0 Å². The number of likely N-dealkylation sites (N-methyl/N-ethyl adjacent to an activating group) is 1. The molecule has 0 saturated carbocycles. The molecule has 0 unspecified atom stereocenters. The monoisotopic (exact) mass is 489 g/mol. The van der Waals surface area contributed by atoms with E-state index in [9.17, 15) is 4.79 Å². The smallest absolute Gasteiger partial charge is 0.260 e. The number of carbonyl (C=O) groups excluding carboxylic acids is 1. The number of hydrogen-bond donors (Lipinski definition) is 0. The normalized spacial score (nSPS) is 10.6. The molecular weight excluding hydrogens is 466 g/mol. The van der Waals surface area contributed by atoms with Crippen LogP contribution in [0.2, 0.25) is 0 Å². The second-order valence-corrected chi connectivity index (χ2v) is 7.77. The maximum Gasteiger partial charge on any atom is 0.260 e. The van der Waals surface area contributed by atoms with Crippen molar-refractivity contribution in [2.24, 2.45) is 0 Å². The van der Waals surface area contributed by atoms with Gasteiger partial charge in [0, 0.05) is 17.1 Å². The summed E-state index contributed by atoms with van der Waals surface area (Å²) in [6.07, 6.45) is 0. The molecule has 0 bridgehead atoms. The van der Waals surface area contributed by atoms with Crippen LogP contribution < -0.4 is 14.2 Å². The highest BCUT2D eigenvalue weighted by molar-refractivity contribution is 9.10. The molecular formula is C22H24BrN3O5. The highest BCUT2D eigenvalue weighted by atomic mass is 79.9. The van der Waals surface area contributed by atoms with Gasteiger partial charge in [0.05, 0.1) is 20.8 Å². The maximum absolute atomic E-state index is 12.5. The van der Waals surface area contributed by atoms with Gasteiger partial charge in [-0.15, -0.1) is 10.2 Å². The standard InChI is InChI=1S/C22H24BrN3O5/c1-13-8-16(9-14(2)21(13)23)30-12-20(27)26(3)11-19-24-25-22(31-19)15-6-7-17(28-4)18(10-15)29-5/h6-10H,11-12H2,1-5H3. The predicted molar refractivity (Wildman–Crippen MR) is 118 cm³/mol. The van der Waals surface area contributed by atoms with Crippen molar-refractivity contribution in [1.82, 2.24) is 15.1 Å². The Morgan fingerprint density at radius 3 is 2.39 bits per heavy atom. The molecule has 1 amide bonds. The van der Waals surface area contributed by atoms with Gasteiger partial charge < -0.3 is 23.5 Å². The number of nitrogens with zero attached hydrogens (tertiary/aromatic N) is 3. The summed E-state index contributed by atoms with van der Waals surface area (Å²) in [6.45, 7) is 4.03. The summed E-state index contributed by atoms with van der Waals surface area (Å²) in [7, 11) is 4.78. The van der Waals surface area contributed by atoms with Crippen LogP contribution >= 0.6 is 15.9 Å². The van der Waals surface area contributed by atoms with Crippen LogP contribution in [0.1, 0.15) is 17.0 Å². The lowest BCUT2D eigenvalue weighted by molar-refractivity contribution is -0.132. The number of aromatic nitrogens is 2. The molecule has 0 spiro atoms. The zero-order chi connectivity index (χ0) is 22.5. The Morgan fingerprint density at radius 1 is 1.06 bits per heavy atom. The van der Waals surface area contributed by atoms with Gasteiger partial charge in [0.2, 0.25) is 11.8 Å². The Balaban J connectivity index is 1.61. The molecule has 0 aliphatic carbocycles. The van der Waals surface area contributed by atoms with Gasteiger partial charge in [0.25, 0.3) is 5.91 Å². The number of hydrogen-bond acceptors (Lipinski definition) is 7. The van der Waals surface area contributed by atoms with Gasteiger partial charge in [-0.1, -0.05) is 15.9 Å². The van der Waals surface area contributed by atoms with Gasteiger partial charge >= 0.3 is 0 Å². The Bertz CT molecular complexity index is 1060. The van der Waals surface area contributed by atoms with Crippen molar-refractivity contribution < 1.29 is 23.4 Å². The molecule has 0 aliphatic rings. The van der Waals surface area contributed by atoms with Crippen molar-refractivity contribution in [2.45, 2.75) is 20.4 Å². The molecule has 0 aliphatic heterocycles. The van der Waals surface area contributed by atoms with E-state index in [0.29, 0.717) is 34.6 Å². The van der Waals surface area contributed by atoms with Crippen LogP contribution in [0, 0.1) is 13.8 Å². The molecule has 3 aromatic rings. The molecule has 2 aromatic carbocycles. The average molecular weight is 490 g/mol. The number of methoxy groups -OCH3 is 2. The number of rotatable bonds is 8. The van der Waals surface area contributed by atoms with Crippen molar-refractivity contribution in [1.29, 1.82) is 0 Å². The number of halogens is 1. The van der Waals surface area contributed by atoms with Gasteiger partial charge in [-0.05, 0) is 55.3 Å². The summed E-state index contributed by atoms with van der Waals surface area (Å²) in [5, 5.41) is 8.10. The van der Waals surface area contributed by atoms with Crippen molar-refractivity contribution in [3.05, 3.63) is 51.8 Å². The predicted octanol–water partition coefficient (Wildman–Crippen LogP) is 4.17. The van der Waals surface area contributed by atoms with Gasteiger partial charge in [0.15, 0.2) is 18.1 Å². The second-order valence-electron chi connectivity index (χ2n) is 6.98. The maximum atomic E-state index is 12.5. The Kier molecular flexibility index (Phi) is 7.17. The summed E-state index contributed by atoms with van der Waals surface area (Å²) < 4.78 is 22.9. The Morgan fingerprint density at radius 2 is 1.74 bits per heavy atom. The lowest BCUT2D eigenvalue weighted by Gasteiger charge is -2.16. The fraction of sp³-hybridized carbons (Fsp3) is 0.318. The van der Waals surface area contributed by atoms with E-state index in [1.54, 1.807) is 39.5 Å². The highest BCUT2D eigenvalue weighted by Gasteiger charge is 2.17. The zero-order valence-electron chi connectivity index (χ0n) is 18.1. The number of carbonyl (C=O) groups is 1. The van der Waals surface area contributed by atoms with E-state index < -0.39 is 0 Å². The van der Waals surface area contributed by atoms with Gasteiger partial charge in [-0.2, -0.15) is 0 Å². The lowest BCUT2D eigenvalue weighted by Crippen LogP contribution is -2.31. The van der Waals surface area contributed by atoms with E-state index in [1.807, 2.05) is 26.0 Å². The third-order valence-corrected chi connectivity index (χ3v) is 5.92. The quantitative estimate of drug-likeness (QED) is 0.469. The van der Waals surface area contributed by atoms with E-state index in [-0.39, 0.29) is 19.1 Å². The van der Waals surface area contributed by atoms with Crippen LogP contribution in [0.4, 0.5) is 0 Å². The molecule has 1 aromatic heterocycles. The molecule has 31 heavy (non-hydrogen) atoms. The first-order valence-electron chi connectivity index (χ1n) is 9.50. The first kappa shape index (κ1) is 22.6. The summed E-state index contributed by atoms with van der Waals surface area (Å²) in [4.78, 5) is 13.9. The van der Waals surface area contributed by atoms with Gasteiger partial charge in [-0.25, -0.2) is 0 Å². The molecule has 0 radical (unpaired) electrons. The minimum Gasteiger partial charge on any atom is -0.493 e. The topological polar surface area (TPSA) is 86.9 Å². The van der Waals surface area contributed by atoms with E-state index >= 15 is 0 Å². The molecule has 3 rings (SSSR count). The van der Waals surface area contributed by atoms with Crippen LogP contribution in [-0.2, 0) is 11.3 Å². The van der Waals surface area contributed by atoms with Crippen molar-refractivity contribution >= 4 is 21.8 Å². The third kappa shape index (κ3) is 5.35. The fourth-order valence-electron chi connectivity index (χ4n) is 2.94. The fourth-order valence-corrected chi connectivity index (χ4v) is 3.17. The number of amides is 1. The SMILES string of the molecule is COc1ccc(-c2nnc(CN(C)C(=O)COc3cc(C)c(Br)c(C)c3)o2)cc1OC. The van der Waals surface area contributed by atoms with E-state index in [2.05, 4.69) is 26.1 Å². The lowest BCUT2D eigenvalue weighted by atomic mass is 10.1. The minimum atomic E-state index is -0.205. The minimum absolute atomic E-state index is 0.0896. The molecule has 0 N–H and O–H groups in total. The molecule has 164 valence electrons. The van der Waals surface area contributed by atoms with Crippen molar-refractivity contribution in [2.75, 3.05) is 27.9 Å². The first-order chi connectivity index (χ1) is 14.8. The van der Waals surface area contributed by atoms with Gasteiger partial charge in [-0.3, -0.25) is 4.79 Å². The van der Waals surface area contributed by atoms with Crippen LogP contribution in [0.25, 0.3) is 11.5 Å². The van der Waals surface area contributed by atoms with E-state index in [1.165, 1.54) is 4.90 Å². The number of aryl methyl sites for hydroxylation is 2. The number of ether oxygens (including phenoxy) is 3. The van der Waals surface area contributed by atoms with Gasteiger partial charge in [0.1, 0.15) is 5.75 Å². The largest absolute Gasteiger partial charge is 0.493 e. The van der Waals surface area contributed by atoms with Crippen molar-refractivity contribution in [3.8, 4) is 28.7 Å². The Labute approximate surface area is 189 Å². The Hall–Kier alpha value is -3.07. The average Bonchev–Trinajstić information content (AvgIpc) is 3.23. The van der Waals surface area contributed by atoms with E-state index in [0.717, 1.165) is 15.6 Å². The summed E-state index contributed by atoms with van der Waals surface area (Å²) in [6, 6.07) is 9.08. The molecule has 8 nitrogen and oxygen atoms in total. The van der Waals surface area contributed by atoms with Crippen LogP contribution in [0.15, 0.2) is 39.2 Å². The van der Waals surface area contributed by atoms with Crippen LogP contribution in [-0.4, -0.2) is 48.9 Å². The number of benzene rings is 2. The molecule has 0 atom stereocenters. The van der Waals surface area contributed by atoms with E-state index in [4.69, 9.17) is 18.6 Å². The molecule has 1 heterocycles. The molecule has 9 heteroatoms. The summed E-state index contributed by atoms with van der Waals surface area (Å²) in [5.41, 5.74) is 2.78. The molecule has 0 fully saturated rings. The third-order valence-electron chi connectivity index (χ3n) is 4.67. The first-order valence-corrected chi connectivity index (χ1v) is 10.3. The summed E-state index contributed by atoms with van der Waals surface area (Å²) >= 11 is 3.52. The zero-order valence-corrected chi connectivity index (χ0v) is 19.6.